The van der Waals surface area contributed by atoms with Gasteiger partial charge in [0.2, 0.25) is 0 Å². The van der Waals surface area contributed by atoms with Crippen LogP contribution >= 0.6 is 0 Å². The summed E-state index contributed by atoms with van der Waals surface area (Å²) < 4.78 is 10.4. The van der Waals surface area contributed by atoms with Crippen LogP contribution < -0.4 is 10.1 Å². The molecular formula is C14H20N2O5. The minimum atomic E-state index is -0.569. The second-order valence-electron chi connectivity index (χ2n) is 5.46. The van der Waals surface area contributed by atoms with Crippen molar-refractivity contribution in [2.24, 2.45) is 0 Å². The normalized spacial score (nSPS) is 10.9. The highest BCUT2D eigenvalue weighted by atomic mass is 16.6. The molecule has 1 aromatic carbocycles. The molecule has 0 atom stereocenters. The number of benzene rings is 1. The van der Waals surface area contributed by atoms with Gasteiger partial charge in [0.1, 0.15) is 12.2 Å². The molecule has 1 N–H and O–H groups in total. The molecule has 0 aromatic heterocycles. The molecule has 116 valence electrons. The van der Waals surface area contributed by atoms with Crippen molar-refractivity contribution in [2.75, 3.05) is 13.2 Å². The lowest BCUT2D eigenvalue weighted by Gasteiger charge is -2.19. The number of aryl methyl sites for hydroxylation is 1. The van der Waals surface area contributed by atoms with Crippen LogP contribution in [-0.2, 0) is 4.74 Å². The van der Waals surface area contributed by atoms with E-state index >= 15 is 0 Å². The summed E-state index contributed by atoms with van der Waals surface area (Å²) in [6.07, 6.45) is -0.551. The van der Waals surface area contributed by atoms with Crippen LogP contribution in [0.5, 0.6) is 5.75 Å². The molecule has 0 radical (unpaired) electrons. The van der Waals surface area contributed by atoms with Crippen molar-refractivity contribution in [3.63, 3.8) is 0 Å². The van der Waals surface area contributed by atoms with Gasteiger partial charge in [0.05, 0.1) is 11.5 Å². The molecule has 0 aliphatic rings. The first kappa shape index (κ1) is 16.7. The summed E-state index contributed by atoms with van der Waals surface area (Å²) in [6.45, 7) is 7.24. The number of nitro groups is 1. The van der Waals surface area contributed by atoms with Gasteiger partial charge in [-0.2, -0.15) is 0 Å². The Balaban J connectivity index is 2.49. The minimum Gasteiger partial charge on any atom is -0.485 e. The van der Waals surface area contributed by atoms with Gasteiger partial charge in [0.25, 0.3) is 0 Å². The van der Waals surface area contributed by atoms with E-state index in [2.05, 4.69) is 5.32 Å². The average molecular weight is 296 g/mol. The van der Waals surface area contributed by atoms with Crippen molar-refractivity contribution >= 4 is 11.8 Å². The lowest BCUT2D eigenvalue weighted by Crippen LogP contribution is -2.34. The van der Waals surface area contributed by atoms with E-state index in [4.69, 9.17) is 9.47 Å². The smallest absolute Gasteiger partial charge is 0.407 e. The van der Waals surface area contributed by atoms with E-state index in [1.54, 1.807) is 39.8 Å². The number of carbonyl (C=O) groups is 1. The molecule has 0 aliphatic carbocycles. The summed E-state index contributed by atoms with van der Waals surface area (Å²) in [6, 6.07) is 4.85. The molecule has 1 amide bonds. The van der Waals surface area contributed by atoms with Gasteiger partial charge in [-0.3, -0.25) is 10.1 Å². The summed E-state index contributed by atoms with van der Waals surface area (Å²) in [5.74, 6) is 0.186. The van der Waals surface area contributed by atoms with Crippen molar-refractivity contribution in [3.05, 3.63) is 33.9 Å². The molecule has 0 unspecified atom stereocenters. The van der Waals surface area contributed by atoms with Crippen LogP contribution in [-0.4, -0.2) is 29.8 Å². The summed E-state index contributed by atoms with van der Waals surface area (Å²) in [5.41, 5.74) is -0.104. The molecule has 0 bridgehead atoms. The van der Waals surface area contributed by atoms with Crippen LogP contribution in [0.2, 0.25) is 0 Å². The van der Waals surface area contributed by atoms with Crippen molar-refractivity contribution in [2.45, 2.75) is 33.3 Å². The topological polar surface area (TPSA) is 90.7 Å². The molecule has 0 saturated carbocycles. The number of carbonyl (C=O) groups excluding carboxylic acids is 1. The van der Waals surface area contributed by atoms with Crippen molar-refractivity contribution in [1.29, 1.82) is 0 Å². The average Bonchev–Trinajstić information content (AvgIpc) is 2.32. The van der Waals surface area contributed by atoms with Crippen molar-refractivity contribution in [1.82, 2.24) is 5.32 Å². The lowest BCUT2D eigenvalue weighted by molar-refractivity contribution is -0.386. The summed E-state index contributed by atoms with van der Waals surface area (Å²) in [7, 11) is 0. The zero-order valence-corrected chi connectivity index (χ0v) is 12.6. The maximum atomic E-state index is 11.4. The van der Waals surface area contributed by atoms with Gasteiger partial charge in [-0.25, -0.2) is 4.79 Å². The van der Waals surface area contributed by atoms with Crippen LogP contribution in [0.3, 0.4) is 0 Å². The number of nitrogens with one attached hydrogen (secondary N) is 1. The molecule has 7 heteroatoms. The Hall–Kier alpha value is -2.31. The molecule has 0 spiro atoms. The molecule has 0 aliphatic heterocycles. The van der Waals surface area contributed by atoms with E-state index in [0.717, 1.165) is 0 Å². The number of hydrogen-bond acceptors (Lipinski definition) is 5. The van der Waals surface area contributed by atoms with E-state index in [1.807, 2.05) is 0 Å². The minimum absolute atomic E-state index is 0.0604. The number of nitro benzene ring substituents is 1. The summed E-state index contributed by atoms with van der Waals surface area (Å²) in [5, 5.41) is 13.5. The Morgan fingerprint density at radius 3 is 2.62 bits per heavy atom. The fourth-order valence-electron chi connectivity index (χ4n) is 1.61. The molecular weight excluding hydrogens is 276 g/mol. The maximum Gasteiger partial charge on any atom is 0.407 e. The van der Waals surface area contributed by atoms with Crippen LogP contribution in [0, 0.1) is 17.0 Å². The predicted molar refractivity (Wildman–Crippen MR) is 77.6 cm³/mol. The number of nitrogens with zero attached hydrogens (tertiary/aromatic N) is 1. The van der Waals surface area contributed by atoms with Crippen LogP contribution in [0.25, 0.3) is 0 Å². The second kappa shape index (κ2) is 6.92. The largest absolute Gasteiger partial charge is 0.485 e. The third-order valence-corrected chi connectivity index (χ3v) is 2.41. The number of hydrogen-bond donors (Lipinski definition) is 1. The zero-order chi connectivity index (χ0) is 16.0. The van der Waals surface area contributed by atoms with Gasteiger partial charge in [0, 0.05) is 5.56 Å². The molecule has 1 aromatic rings. The fraction of sp³-hybridized carbons (Fsp3) is 0.500. The van der Waals surface area contributed by atoms with Gasteiger partial charge in [-0.05, 0) is 33.8 Å². The lowest BCUT2D eigenvalue weighted by atomic mass is 10.2. The first-order valence-electron chi connectivity index (χ1n) is 6.54. The summed E-state index contributed by atoms with van der Waals surface area (Å²) in [4.78, 5) is 21.9. The van der Waals surface area contributed by atoms with E-state index < -0.39 is 16.6 Å². The Kier molecular flexibility index (Phi) is 5.52. The molecule has 7 nitrogen and oxygen atoms in total. The molecule has 0 fully saturated rings. The Morgan fingerprint density at radius 1 is 1.38 bits per heavy atom. The molecule has 0 saturated heterocycles. The predicted octanol–water partition coefficient (Wildman–Crippen LogP) is 2.81. The summed E-state index contributed by atoms with van der Waals surface area (Å²) >= 11 is 0. The van der Waals surface area contributed by atoms with Crippen molar-refractivity contribution in [3.8, 4) is 5.75 Å². The van der Waals surface area contributed by atoms with E-state index in [0.29, 0.717) is 5.56 Å². The third kappa shape index (κ3) is 5.68. The third-order valence-electron chi connectivity index (χ3n) is 2.41. The van der Waals surface area contributed by atoms with E-state index in [1.165, 1.54) is 6.07 Å². The zero-order valence-electron chi connectivity index (χ0n) is 12.6. The Labute approximate surface area is 123 Å². The van der Waals surface area contributed by atoms with Crippen LogP contribution in [0.15, 0.2) is 18.2 Å². The first-order valence-corrected chi connectivity index (χ1v) is 6.54. The number of para-hydroxylation sites is 1. The Morgan fingerprint density at radius 2 is 2.05 bits per heavy atom. The van der Waals surface area contributed by atoms with Crippen LogP contribution in [0.1, 0.15) is 26.3 Å². The highest BCUT2D eigenvalue weighted by molar-refractivity contribution is 5.67. The van der Waals surface area contributed by atoms with Gasteiger partial charge in [-0.15, -0.1) is 0 Å². The molecule has 1 rings (SSSR count). The number of alkyl carbamates (subject to hydrolysis) is 1. The molecule has 21 heavy (non-hydrogen) atoms. The standard InChI is InChI=1S/C14H20N2O5/c1-10-6-5-7-11(12(10)16(18)19)20-9-8-15-13(17)21-14(2,3)4/h5-7H,8-9H2,1-4H3,(H,15,17). The SMILES string of the molecule is Cc1cccc(OCCNC(=O)OC(C)(C)C)c1[N+](=O)[O-]. The second-order valence-corrected chi connectivity index (χ2v) is 5.46. The van der Waals surface area contributed by atoms with E-state index in [9.17, 15) is 14.9 Å². The van der Waals surface area contributed by atoms with E-state index in [-0.39, 0.29) is 24.6 Å². The van der Waals surface area contributed by atoms with Gasteiger partial charge in [-0.1, -0.05) is 12.1 Å². The monoisotopic (exact) mass is 296 g/mol. The highest BCUT2D eigenvalue weighted by Gasteiger charge is 2.18. The van der Waals surface area contributed by atoms with Crippen molar-refractivity contribution < 1.29 is 19.2 Å². The first-order chi connectivity index (χ1) is 9.70. The van der Waals surface area contributed by atoms with Gasteiger partial charge in [0.15, 0.2) is 5.75 Å². The van der Waals surface area contributed by atoms with Gasteiger partial charge >= 0.3 is 11.8 Å². The number of amides is 1. The number of rotatable bonds is 5. The van der Waals surface area contributed by atoms with Crippen LogP contribution in [0.4, 0.5) is 10.5 Å². The Bertz CT molecular complexity index is 523. The maximum absolute atomic E-state index is 11.4. The highest BCUT2D eigenvalue weighted by Crippen LogP contribution is 2.29. The quantitative estimate of drug-likeness (QED) is 0.512. The number of ether oxygens (including phenoxy) is 2. The molecule has 0 heterocycles. The van der Waals surface area contributed by atoms with Gasteiger partial charge < -0.3 is 14.8 Å². The fourth-order valence-corrected chi connectivity index (χ4v) is 1.61.